The summed E-state index contributed by atoms with van der Waals surface area (Å²) in [6.07, 6.45) is 3.05. The van der Waals surface area contributed by atoms with Gasteiger partial charge < -0.3 is 14.5 Å². The van der Waals surface area contributed by atoms with E-state index in [0.717, 1.165) is 35.9 Å². The van der Waals surface area contributed by atoms with Gasteiger partial charge in [0.25, 0.3) is 5.19 Å². The summed E-state index contributed by atoms with van der Waals surface area (Å²) < 4.78 is 20.1. The van der Waals surface area contributed by atoms with E-state index in [2.05, 4.69) is 4.98 Å². The van der Waals surface area contributed by atoms with Crippen molar-refractivity contribution < 1.29 is 18.7 Å². The number of rotatable bonds is 3. The van der Waals surface area contributed by atoms with Gasteiger partial charge in [-0.05, 0) is 31.0 Å². The number of hydrogen-bond acceptors (Lipinski definition) is 5. The fourth-order valence-corrected chi connectivity index (χ4v) is 4.87. The molecule has 0 radical (unpaired) electrons. The van der Waals surface area contributed by atoms with Crippen LogP contribution in [0.4, 0.5) is 4.39 Å². The van der Waals surface area contributed by atoms with Gasteiger partial charge in [0.1, 0.15) is 11.9 Å². The average Bonchev–Trinajstić information content (AvgIpc) is 3.09. The van der Waals surface area contributed by atoms with Crippen LogP contribution in [0.5, 0.6) is 5.19 Å². The van der Waals surface area contributed by atoms with Crippen LogP contribution >= 0.6 is 11.3 Å². The molecule has 6 nitrogen and oxygen atoms in total. The summed E-state index contributed by atoms with van der Waals surface area (Å²) in [4.78, 5) is 32.4. The Hall–Kier alpha value is -2.22. The monoisotopic (exact) mass is 405 g/mol. The molecule has 0 unspecified atom stereocenters. The van der Waals surface area contributed by atoms with Crippen molar-refractivity contribution in [3.05, 3.63) is 24.0 Å². The highest BCUT2D eigenvalue weighted by molar-refractivity contribution is 7.20. The van der Waals surface area contributed by atoms with Crippen LogP contribution in [-0.2, 0) is 9.59 Å². The highest BCUT2D eigenvalue weighted by Crippen LogP contribution is 2.30. The predicted molar refractivity (Wildman–Crippen MR) is 105 cm³/mol. The number of carbonyl (C=O) groups is 2. The normalized spacial score (nSPS) is 19.2. The van der Waals surface area contributed by atoms with Crippen molar-refractivity contribution in [2.75, 3.05) is 26.2 Å². The molecular formula is C20H24FN3O3S. The second-order valence-electron chi connectivity index (χ2n) is 7.51. The molecule has 0 N–H and O–H groups in total. The Morgan fingerprint density at radius 2 is 1.79 bits per heavy atom. The smallest absolute Gasteiger partial charge is 0.274 e. The standard InChI is InChI=1S/C20H24FN3O3S/c1-13(25)23-8-4-14(5-9-23)19(26)24-10-6-16(7-11-24)27-20-22-17-3-2-15(21)12-18(17)28-20/h2-3,12,14,16H,4-11H2,1H3. The summed E-state index contributed by atoms with van der Waals surface area (Å²) in [6, 6.07) is 4.53. The summed E-state index contributed by atoms with van der Waals surface area (Å²) in [5, 5.41) is 0.557. The number of halogens is 1. The summed E-state index contributed by atoms with van der Waals surface area (Å²) >= 11 is 1.35. The lowest BCUT2D eigenvalue weighted by molar-refractivity contribution is -0.141. The maximum absolute atomic E-state index is 13.3. The lowest BCUT2D eigenvalue weighted by atomic mass is 9.94. The van der Waals surface area contributed by atoms with Gasteiger partial charge in [0, 0.05) is 51.9 Å². The Labute approximate surface area is 167 Å². The highest BCUT2D eigenvalue weighted by atomic mass is 32.1. The predicted octanol–water partition coefficient (Wildman–Crippen LogP) is 3.06. The molecule has 2 amide bonds. The van der Waals surface area contributed by atoms with Crippen molar-refractivity contribution in [1.82, 2.24) is 14.8 Å². The van der Waals surface area contributed by atoms with Crippen molar-refractivity contribution >= 4 is 33.4 Å². The Kier molecular flexibility index (Phi) is 5.48. The number of hydrogen-bond donors (Lipinski definition) is 0. The molecule has 0 bridgehead atoms. The van der Waals surface area contributed by atoms with Crippen LogP contribution in [-0.4, -0.2) is 58.9 Å². The molecule has 2 aromatic rings. The van der Waals surface area contributed by atoms with Crippen LogP contribution in [0.25, 0.3) is 10.2 Å². The largest absolute Gasteiger partial charge is 0.467 e. The van der Waals surface area contributed by atoms with Gasteiger partial charge in [-0.1, -0.05) is 11.3 Å². The van der Waals surface area contributed by atoms with Crippen molar-refractivity contribution in [1.29, 1.82) is 0 Å². The van der Waals surface area contributed by atoms with Gasteiger partial charge in [0.05, 0.1) is 10.2 Å². The van der Waals surface area contributed by atoms with Crippen LogP contribution in [0.1, 0.15) is 32.6 Å². The third-order valence-electron chi connectivity index (χ3n) is 5.64. The average molecular weight is 405 g/mol. The molecule has 3 heterocycles. The molecule has 4 rings (SSSR count). The van der Waals surface area contributed by atoms with Crippen LogP contribution in [0.2, 0.25) is 0 Å². The zero-order chi connectivity index (χ0) is 19.7. The zero-order valence-electron chi connectivity index (χ0n) is 15.9. The number of amides is 2. The van der Waals surface area contributed by atoms with E-state index in [4.69, 9.17) is 4.74 Å². The van der Waals surface area contributed by atoms with E-state index in [1.165, 1.54) is 23.5 Å². The lowest BCUT2D eigenvalue weighted by Gasteiger charge is -2.36. The van der Waals surface area contributed by atoms with Crippen LogP contribution in [0.3, 0.4) is 0 Å². The fourth-order valence-electron chi connectivity index (χ4n) is 3.96. The van der Waals surface area contributed by atoms with Gasteiger partial charge in [-0.2, -0.15) is 0 Å². The molecule has 2 fully saturated rings. The Morgan fingerprint density at radius 1 is 1.11 bits per heavy atom. The molecule has 1 aromatic heterocycles. The summed E-state index contributed by atoms with van der Waals surface area (Å²) in [7, 11) is 0. The SMILES string of the molecule is CC(=O)N1CCC(C(=O)N2CCC(Oc3nc4ccc(F)cc4s3)CC2)CC1. The number of ether oxygens (including phenoxy) is 1. The summed E-state index contributed by atoms with van der Waals surface area (Å²) in [6.45, 7) is 4.27. The van der Waals surface area contributed by atoms with Crippen molar-refractivity contribution in [2.24, 2.45) is 5.92 Å². The molecule has 2 aliphatic heterocycles. The number of piperidine rings is 2. The molecule has 0 aliphatic carbocycles. The molecule has 2 saturated heterocycles. The van der Waals surface area contributed by atoms with Crippen LogP contribution < -0.4 is 4.74 Å². The molecule has 8 heteroatoms. The highest BCUT2D eigenvalue weighted by Gasteiger charge is 2.32. The number of nitrogens with zero attached hydrogens (tertiary/aromatic N) is 3. The minimum Gasteiger partial charge on any atom is -0.467 e. The summed E-state index contributed by atoms with van der Waals surface area (Å²) in [5.41, 5.74) is 0.742. The van der Waals surface area contributed by atoms with Crippen LogP contribution in [0.15, 0.2) is 18.2 Å². The first kappa shape index (κ1) is 19.1. The van der Waals surface area contributed by atoms with Gasteiger partial charge in [0.15, 0.2) is 0 Å². The van der Waals surface area contributed by atoms with Crippen molar-refractivity contribution in [3.63, 3.8) is 0 Å². The molecule has 1 aromatic carbocycles. The van der Waals surface area contributed by atoms with Crippen LogP contribution in [0, 0.1) is 11.7 Å². The van der Waals surface area contributed by atoms with E-state index in [9.17, 15) is 14.0 Å². The Bertz CT molecular complexity index is 871. The third kappa shape index (κ3) is 4.11. The first-order valence-electron chi connectivity index (χ1n) is 9.76. The number of likely N-dealkylation sites (tertiary alicyclic amines) is 2. The van der Waals surface area contributed by atoms with Gasteiger partial charge in [-0.3, -0.25) is 9.59 Å². The van der Waals surface area contributed by atoms with Gasteiger partial charge in [-0.15, -0.1) is 0 Å². The third-order valence-corrected chi connectivity index (χ3v) is 6.55. The van der Waals surface area contributed by atoms with E-state index < -0.39 is 0 Å². The minimum atomic E-state index is -0.274. The Morgan fingerprint density at radius 3 is 2.46 bits per heavy atom. The zero-order valence-corrected chi connectivity index (χ0v) is 16.7. The van der Waals surface area contributed by atoms with E-state index >= 15 is 0 Å². The molecule has 0 spiro atoms. The molecule has 150 valence electrons. The van der Waals surface area contributed by atoms with Gasteiger partial charge in [0.2, 0.25) is 11.8 Å². The number of carbonyl (C=O) groups excluding carboxylic acids is 2. The molecule has 0 atom stereocenters. The maximum Gasteiger partial charge on any atom is 0.274 e. The number of benzene rings is 1. The van der Waals surface area contributed by atoms with E-state index in [1.807, 2.05) is 9.80 Å². The topological polar surface area (TPSA) is 62.7 Å². The second kappa shape index (κ2) is 8.03. The Balaban J connectivity index is 1.28. The van der Waals surface area contributed by atoms with Gasteiger partial charge in [-0.25, -0.2) is 9.37 Å². The van der Waals surface area contributed by atoms with E-state index in [-0.39, 0.29) is 29.7 Å². The number of fused-ring (bicyclic) bond motifs is 1. The fraction of sp³-hybridized carbons (Fsp3) is 0.550. The van der Waals surface area contributed by atoms with E-state index in [1.54, 1.807) is 13.0 Å². The second-order valence-corrected chi connectivity index (χ2v) is 8.51. The number of aromatic nitrogens is 1. The summed E-state index contributed by atoms with van der Waals surface area (Å²) in [5.74, 6) is 0.0365. The first-order chi connectivity index (χ1) is 13.5. The van der Waals surface area contributed by atoms with E-state index in [0.29, 0.717) is 31.4 Å². The molecule has 28 heavy (non-hydrogen) atoms. The number of thiazole rings is 1. The molecule has 0 saturated carbocycles. The molecular weight excluding hydrogens is 381 g/mol. The quantitative estimate of drug-likeness (QED) is 0.787. The first-order valence-corrected chi connectivity index (χ1v) is 10.6. The van der Waals surface area contributed by atoms with Crippen molar-refractivity contribution in [2.45, 2.75) is 38.7 Å². The maximum atomic E-state index is 13.3. The van der Waals surface area contributed by atoms with Crippen molar-refractivity contribution in [3.8, 4) is 5.19 Å². The molecule has 2 aliphatic rings. The minimum absolute atomic E-state index is 0.0206. The van der Waals surface area contributed by atoms with Gasteiger partial charge >= 0.3 is 0 Å². The lowest BCUT2D eigenvalue weighted by Crippen LogP contribution is -2.47.